The van der Waals surface area contributed by atoms with E-state index in [0.29, 0.717) is 25.3 Å². The van der Waals surface area contributed by atoms with Crippen LogP contribution in [0, 0.1) is 0 Å². The highest BCUT2D eigenvalue weighted by atomic mass is 16.6. The Morgan fingerprint density at radius 3 is 2.48 bits per heavy atom. The van der Waals surface area contributed by atoms with E-state index < -0.39 is 5.60 Å². The molecule has 1 aliphatic rings. The van der Waals surface area contributed by atoms with Gasteiger partial charge in [-0.25, -0.2) is 4.79 Å². The summed E-state index contributed by atoms with van der Waals surface area (Å²) in [5.41, 5.74) is 1.81. The Kier molecular flexibility index (Phi) is 4.50. The average molecular weight is 291 g/mol. The molecule has 0 fully saturated rings. The topological polar surface area (TPSA) is 55.8 Å². The van der Waals surface area contributed by atoms with Crippen LogP contribution in [0.2, 0.25) is 0 Å². The largest absolute Gasteiger partial charge is 0.444 e. The van der Waals surface area contributed by atoms with Crippen LogP contribution in [0.3, 0.4) is 0 Å². The minimum absolute atomic E-state index is 0.278. The predicted molar refractivity (Wildman–Crippen MR) is 78.3 cm³/mol. The molecule has 0 saturated carbocycles. The Morgan fingerprint density at radius 1 is 1.19 bits per heavy atom. The molecule has 1 aromatic carbocycles. The summed E-state index contributed by atoms with van der Waals surface area (Å²) in [6.07, 6.45) is 1.22. The van der Waals surface area contributed by atoms with Crippen molar-refractivity contribution in [2.24, 2.45) is 0 Å². The number of ether oxygens (including phenoxy) is 2. The number of benzene rings is 1. The molecular formula is C16H21NO4. The summed E-state index contributed by atoms with van der Waals surface area (Å²) >= 11 is 0. The van der Waals surface area contributed by atoms with Gasteiger partial charge < -0.3 is 14.4 Å². The molecule has 1 aliphatic heterocycles. The number of carbonyl (C=O) groups is 2. The fourth-order valence-electron chi connectivity index (χ4n) is 2.34. The molecule has 0 radical (unpaired) electrons. The first-order valence-electron chi connectivity index (χ1n) is 7.09. The molecule has 5 nitrogen and oxygen atoms in total. The smallest absolute Gasteiger partial charge is 0.410 e. The van der Waals surface area contributed by atoms with Crippen molar-refractivity contribution in [3.05, 3.63) is 29.3 Å². The van der Waals surface area contributed by atoms with E-state index in [-0.39, 0.29) is 6.09 Å². The van der Waals surface area contributed by atoms with Gasteiger partial charge in [0.25, 0.3) is 6.47 Å². The van der Waals surface area contributed by atoms with E-state index in [1.54, 1.807) is 11.0 Å². The van der Waals surface area contributed by atoms with Crippen LogP contribution >= 0.6 is 0 Å². The van der Waals surface area contributed by atoms with Crippen molar-refractivity contribution in [1.29, 1.82) is 0 Å². The van der Waals surface area contributed by atoms with E-state index in [1.807, 2.05) is 32.9 Å². The molecule has 0 atom stereocenters. The lowest BCUT2D eigenvalue weighted by Gasteiger charge is -2.26. The first kappa shape index (κ1) is 15.4. The predicted octanol–water partition coefficient (Wildman–Crippen LogP) is 2.56. The van der Waals surface area contributed by atoms with Crippen molar-refractivity contribution in [2.45, 2.75) is 39.2 Å². The van der Waals surface area contributed by atoms with Crippen LogP contribution in [-0.4, -0.2) is 36.2 Å². The molecule has 5 heteroatoms. The van der Waals surface area contributed by atoms with Crippen LogP contribution in [-0.2, 0) is 22.4 Å². The summed E-state index contributed by atoms with van der Waals surface area (Å²) < 4.78 is 10.3. The third kappa shape index (κ3) is 4.21. The number of hydrogen-bond acceptors (Lipinski definition) is 4. The lowest BCUT2D eigenvalue weighted by Crippen LogP contribution is -2.38. The van der Waals surface area contributed by atoms with Crippen LogP contribution in [0.1, 0.15) is 31.9 Å². The number of amides is 1. The van der Waals surface area contributed by atoms with Gasteiger partial charge in [-0.3, -0.25) is 4.79 Å². The fraction of sp³-hybridized carbons (Fsp3) is 0.500. The molecule has 1 heterocycles. The minimum atomic E-state index is -0.485. The molecule has 1 aromatic rings. The van der Waals surface area contributed by atoms with Gasteiger partial charge in [0.1, 0.15) is 11.4 Å². The second-order valence-corrected chi connectivity index (χ2v) is 6.11. The van der Waals surface area contributed by atoms with Crippen LogP contribution in [0.25, 0.3) is 0 Å². The van der Waals surface area contributed by atoms with Crippen molar-refractivity contribution < 1.29 is 19.1 Å². The maximum atomic E-state index is 12.1. The lowest BCUT2D eigenvalue weighted by atomic mass is 10.0. The van der Waals surface area contributed by atoms with Crippen LogP contribution in [0.5, 0.6) is 5.75 Å². The molecule has 0 unspecified atom stereocenters. The Labute approximate surface area is 124 Å². The minimum Gasteiger partial charge on any atom is -0.444 e. The van der Waals surface area contributed by atoms with E-state index in [4.69, 9.17) is 9.47 Å². The van der Waals surface area contributed by atoms with Crippen LogP contribution < -0.4 is 4.74 Å². The van der Waals surface area contributed by atoms with E-state index in [1.165, 1.54) is 5.56 Å². The first-order valence-corrected chi connectivity index (χ1v) is 7.09. The van der Waals surface area contributed by atoms with Gasteiger partial charge in [0.2, 0.25) is 0 Å². The molecular weight excluding hydrogens is 270 g/mol. The summed E-state index contributed by atoms with van der Waals surface area (Å²) in [7, 11) is 0. The monoisotopic (exact) mass is 291 g/mol. The number of carbonyl (C=O) groups excluding carboxylic acids is 2. The van der Waals surface area contributed by atoms with Gasteiger partial charge in [0, 0.05) is 13.1 Å². The van der Waals surface area contributed by atoms with Gasteiger partial charge in [-0.15, -0.1) is 0 Å². The van der Waals surface area contributed by atoms with E-state index in [0.717, 1.165) is 18.4 Å². The number of rotatable bonds is 2. The highest BCUT2D eigenvalue weighted by molar-refractivity contribution is 5.68. The van der Waals surface area contributed by atoms with Gasteiger partial charge in [-0.05, 0) is 56.9 Å². The maximum Gasteiger partial charge on any atom is 0.410 e. The van der Waals surface area contributed by atoms with E-state index >= 15 is 0 Å². The normalized spacial score (nSPS) is 14.9. The number of hydrogen-bond donors (Lipinski definition) is 0. The van der Waals surface area contributed by atoms with Gasteiger partial charge in [0.05, 0.1) is 0 Å². The molecule has 21 heavy (non-hydrogen) atoms. The van der Waals surface area contributed by atoms with Gasteiger partial charge in [-0.2, -0.15) is 0 Å². The molecule has 0 bridgehead atoms. The fourth-order valence-corrected chi connectivity index (χ4v) is 2.34. The third-order valence-corrected chi connectivity index (χ3v) is 3.32. The molecule has 114 valence electrons. The Hall–Kier alpha value is -2.04. The highest BCUT2D eigenvalue weighted by Gasteiger charge is 2.24. The quantitative estimate of drug-likeness (QED) is 0.786. The second-order valence-electron chi connectivity index (χ2n) is 6.11. The molecule has 1 amide bonds. The van der Waals surface area contributed by atoms with Crippen LogP contribution in [0.15, 0.2) is 18.2 Å². The zero-order chi connectivity index (χ0) is 15.5. The summed E-state index contributed by atoms with van der Waals surface area (Å²) in [4.78, 5) is 24.2. The van der Waals surface area contributed by atoms with E-state index in [2.05, 4.69) is 0 Å². The summed E-state index contributed by atoms with van der Waals surface area (Å²) in [6, 6.07) is 5.59. The van der Waals surface area contributed by atoms with Crippen molar-refractivity contribution in [3.63, 3.8) is 0 Å². The van der Waals surface area contributed by atoms with Crippen molar-refractivity contribution >= 4 is 12.6 Å². The number of nitrogens with zero attached hydrogens (tertiary/aromatic N) is 1. The van der Waals surface area contributed by atoms with Crippen LogP contribution in [0.4, 0.5) is 4.79 Å². The summed E-state index contributed by atoms with van der Waals surface area (Å²) in [5, 5.41) is 0. The molecule has 2 rings (SSSR count). The van der Waals surface area contributed by atoms with Crippen molar-refractivity contribution in [1.82, 2.24) is 4.90 Å². The molecule has 0 aliphatic carbocycles. The standard InChI is InChI=1S/C16H21NO4/c1-16(2,3)21-15(19)17-8-6-12-4-5-14(20-11-18)10-13(12)7-9-17/h4-5,10-11H,6-9H2,1-3H3. The second kappa shape index (κ2) is 6.16. The Balaban J connectivity index is 2.06. The third-order valence-electron chi connectivity index (χ3n) is 3.32. The zero-order valence-corrected chi connectivity index (χ0v) is 12.7. The summed E-state index contributed by atoms with van der Waals surface area (Å²) in [5.74, 6) is 0.537. The maximum absolute atomic E-state index is 12.1. The first-order chi connectivity index (χ1) is 9.89. The summed E-state index contributed by atoms with van der Waals surface area (Å²) in [6.45, 7) is 7.25. The van der Waals surface area contributed by atoms with Gasteiger partial charge in [-0.1, -0.05) is 6.07 Å². The van der Waals surface area contributed by atoms with Crippen molar-refractivity contribution in [2.75, 3.05) is 13.1 Å². The molecule has 0 saturated heterocycles. The Morgan fingerprint density at radius 2 is 1.86 bits per heavy atom. The Bertz CT molecular complexity index is 534. The average Bonchev–Trinajstić information content (AvgIpc) is 2.59. The highest BCUT2D eigenvalue weighted by Crippen LogP contribution is 2.22. The van der Waals surface area contributed by atoms with E-state index in [9.17, 15) is 9.59 Å². The molecule has 0 spiro atoms. The van der Waals surface area contributed by atoms with Gasteiger partial charge >= 0.3 is 6.09 Å². The molecule has 0 aromatic heterocycles. The number of fused-ring (bicyclic) bond motifs is 1. The lowest BCUT2D eigenvalue weighted by molar-refractivity contribution is -0.120. The van der Waals surface area contributed by atoms with Gasteiger partial charge in [0.15, 0.2) is 0 Å². The molecule has 0 N–H and O–H groups in total. The SMILES string of the molecule is CC(C)(C)OC(=O)N1CCc2ccc(OC=O)cc2CC1. The van der Waals surface area contributed by atoms with Crippen molar-refractivity contribution in [3.8, 4) is 5.75 Å². The zero-order valence-electron chi connectivity index (χ0n) is 12.7.